The van der Waals surface area contributed by atoms with Crippen LogP contribution >= 0.6 is 0 Å². The molecule has 0 fully saturated rings. The second-order valence-electron chi connectivity index (χ2n) is 4.11. The van der Waals surface area contributed by atoms with Crippen molar-refractivity contribution >= 4 is 5.97 Å². The number of carbonyl (C=O) groups excluding carboxylic acids is 1. The fourth-order valence-electron chi connectivity index (χ4n) is 1.61. The van der Waals surface area contributed by atoms with Gasteiger partial charge in [0, 0.05) is 0 Å². The van der Waals surface area contributed by atoms with E-state index in [9.17, 15) is 4.79 Å². The number of rotatable bonds is 7. The molecule has 1 aromatic carbocycles. The van der Waals surface area contributed by atoms with Crippen molar-refractivity contribution in [3.05, 3.63) is 29.3 Å². The summed E-state index contributed by atoms with van der Waals surface area (Å²) < 4.78 is 10.7. The lowest BCUT2D eigenvalue weighted by Gasteiger charge is -2.12. The predicted octanol–water partition coefficient (Wildman–Crippen LogP) is 3.60. The number of esters is 1. The number of unbranched alkanes of at least 4 members (excludes halogenated alkanes) is 1. The van der Waals surface area contributed by atoms with Crippen LogP contribution < -0.4 is 4.74 Å². The van der Waals surface area contributed by atoms with Gasteiger partial charge >= 0.3 is 5.97 Å². The lowest BCUT2D eigenvalue weighted by Crippen LogP contribution is -2.09. The molecule has 0 heterocycles. The molecule has 0 aliphatic carbocycles. The van der Waals surface area contributed by atoms with E-state index in [-0.39, 0.29) is 5.97 Å². The van der Waals surface area contributed by atoms with Gasteiger partial charge in [0.1, 0.15) is 11.3 Å². The van der Waals surface area contributed by atoms with E-state index in [0.717, 1.165) is 24.8 Å². The highest BCUT2D eigenvalue weighted by molar-refractivity contribution is 5.92. The molecule has 0 bridgehead atoms. The normalized spacial score (nSPS) is 10.2. The summed E-state index contributed by atoms with van der Waals surface area (Å²) in [4.78, 5) is 11.8. The van der Waals surface area contributed by atoms with Crippen molar-refractivity contribution in [3.63, 3.8) is 0 Å². The Hall–Kier alpha value is -1.51. The molecule has 0 unspecified atom stereocenters. The first-order valence-electron chi connectivity index (χ1n) is 6.65. The van der Waals surface area contributed by atoms with E-state index >= 15 is 0 Å². The van der Waals surface area contributed by atoms with Crippen LogP contribution in [0.25, 0.3) is 0 Å². The molecule has 1 rings (SSSR count). The topological polar surface area (TPSA) is 35.5 Å². The van der Waals surface area contributed by atoms with Gasteiger partial charge < -0.3 is 9.47 Å². The molecule has 0 N–H and O–H groups in total. The van der Waals surface area contributed by atoms with Crippen molar-refractivity contribution in [2.75, 3.05) is 13.2 Å². The Bertz CT molecular complexity index is 385. The van der Waals surface area contributed by atoms with Gasteiger partial charge in [-0.15, -0.1) is 0 Å². The zero-order chi connectivity index (χ0) is 13.4. The van der Waals surface area contributed by atoms with Crippen LogP contribution in [-0.2, 0) is 11.2 Å². The van der Waals surface area contributed by atoms with Crippen LogP contribution in [0.4, 0.5) is 0 Å². The maximum Gasteiger partial charge on any atom is 0.341 e. The van der Waals surface area contributed by atoms with Gasteiger partial charge in [0.2, 0.25) is 0 Å². The maximum absolute atomic E-state index is 11.8. The number of hydrogen-bond acceptors (Lipinski definition) is 3. The van der Waals surface area contributed by atoms with E-state index < -0.39 is 0 Å². The van der Waals surface area contributed by atoms with Crippen molar-refractivity contribution in [2.24, 2.45) is 0 Å². The van der Waals surface area contributed by atoms with Crippen LogP contribution in [-0.4, -0.2) is 19.2 Å². The summed E-state index contributed by atoms with van der Waals surface area (Å²) in [6.45, 7) is 7.00. The number of ether oxygens (including phenoxy) is 2. The zero-order valence-electron chi connectivity index (χ0n) is 11.5. The summed E-state index contributed by atoms with van der Waals surface area (Å²) >= 11 is 0. The van der Waals surface area contributed by atoms with Gasteiger partial charge in [0.05, 0.1) is 13.2 Å². The highest BCUT2D eigenvalue weighted by atomic mass is 16.5. The predicted molar refractivity (Wildman–Crippen MR) is 72.2 cm³/mol. The highest BCUT2D eigenvalue weighted by Gasteiger charge is 2.14. The summed E-state index contributed by atoms with van der Waals surface area (Å²) in [7, 11) is 0. The highest BCUT2D eigenvalue weighted by Crippen LogP contribution is 2.22. The third-order valence-corrected chi connectivity index (χ3v) is 2.71. The Balaban J connectivity index is 2.89. The summed E-state index contributed by atoms with van der Waals surface area (Å²) in [5, 5.41) is 0. The molecule has 0 aromatic heterocycles. The molecule has 0 amide bonds. The smallest absolute Gasteiger partial charge is 0.341 e. The zero-order valence-corrected chi connectivity index (χ0v) is 11.5. The molecule has 18 heavy (non-hydrogen) atoms. The Morgan fingerprint density at radius 3 is 2.61 bits per heavy atom. The minimum Gasteiger partial charge on any atom is -0.493 e. The van der Waals surface area contributed by atoms with E-state index in [0.29, 0.717) is 24.5 Å². The molecule has 0 saturated carbocycles. The monoisotopic (exact) mass is 250 g/mol. The van der Waals surface area contributed by atoms with E-state index in [1.54, 1.807) is 13.0 Å². The number of benzene rings is 1. The molecule has 3 heteroatoms. The van der Waals surface area contributed by atoms with Crippen LogP contribution in [0.1, 0.15) is 49.5 Å². The minimum absolute atomic E-state index is 0.313. The Morgan fingerprint density at radius 2 is 2.00 bits per heavy atom. The van der Waals surface area contributed by atoms with Crippen molar-refractivity contribution in [1.82, 2.24) is 0 Å². The third kappa shape index (κ3) is 4.06. The SMILES string of the molecule is CCCCOc1cc(CC)ccc1C(=O)OCC. The van der Waals surface area contributed by atoms with E-state index in [4.69, 9.17) is 9.47 Å². The van der Waals surface area contributed by atoms with Crippen LogP contribution in [0.5, 0.6) is 5.75 Å². The maximum atomic E-state index is 11.8. The number of aryl methyl sites for hydroxylation is 1. The van der Waals surface area contributed by atoms with Crippen molar-refractivity contribution in [3.8, 4) is 5.75 Å². The molecule has 1 aromatic rings. The molecule has 0 saturated heterocycles. The summed E-state index contributed by atoms with van der Waals surface area (Å²) in [6.07, 6.45) is 2.98. The van der Waals surface area contributed by atoms with Crippen LogP contribution in [0.15, 0.2) is 18.2 Å². The largest absolute Gasteiger partial charge is 0.493 e. The van der Waals surface area contributed by atoms with Gasteiger partial charge in [0.25, 0.3) is 0 Å². The van der Waals surface area contributed by atoms with Gasteiger partial charge in [-0.1, -0.05) is 26.3 Å². The number of carbonyl (C=O) groups is 1. The fourth-order valence-corrected chi connectivity index (χ4v) is 1.61. The second kappa shape index (κ2) is 7.75. The van der Waals surface area contributed by atoms with Crippen LogP contribution in [0.3, 0.4) is 0 Å². The van der Waals surface area contributed by atoms with Gasteiger partial charge in [-0.25, -0.2) is 4.79 Å². The quantitative estimate of drug-likeness (QED) is 0.548. The minimum atomic E-state index is -0.313. The Morgan fingerprint density at radius 1 is 1.22 bits per heavy atom. The molecular weight excluding hydrogens is 228 g/mol. The van der Waals surface area contributed by atoms with Crippen molar-refractivity contribution < 1.29 is 14.3 Å². The van der Waals surface area contributed by atoms with Gasteiger partial charge in [-0.05, 0) is 37.5 Å². The van der Waals surface area contributed by atoms with E-state index in [2.05, 4.69) is 13.8 Å². The van der Waals surface area contributed by atoms with Gasteiger partial charge in [0.15, 0.2) is 0 Å². The lowest BCUT2D eigenvalue weighted by molar-refractivity contribution is 0.0521. The molecule has 0 aliphatic heterocycles. The third-order valence-electron chi connectivity index (χ3n) is 2.71. The molecule has 0 aliphatic rings. The molecule has 0 radical (unpaired) electrons. The lowest BCUT2D eigenvalue weighted by atomic mass is 10.1. The molecule has 3 nitrogen and oxygen atoms in total. The Labute approximate surface area is 109 Å². The summed E-state index contributed by atoms with van der Waals surface area (Å²) in [5.74, 6) is 0.327. The summed E-state index contributed by atoms with van der Waals surface area (Å²) in [5.41, 5.74) is 1.68. The van der Waals surface area contributed by atoms with E-state index in [1.807, 2.05) is 12.1 Å². The first kappa shape index (κ1) is 14.6. The average molecular weight is 250 g/mol. The fraction of sp³-hybridized carbons (Fsp3) is 0.533. The second-order valence-corrected chi connectivity index (χ2v) is 4.11. The molecule has 0 spiro atoms. The van der Waals surface area contributed by atoms with Crippen LogP contribution in [0.2, 0.25) is 0 Å². The number of hydrogen-bond donors (Lipinski definition) is 0. The van der Waals surface area contributed by atoms with Gasteiger partial charge in [-0.2, -0.15) is 0 Å². The molecular formula is C15H22O3. The molecule has 100 valence electrons. The summed E-state index contributed by atoms with van der Waals surface area (Å²) in [6, 6.07) is 5.67. The molecule has 0 atom stereocenters. The average Bonchev–Trinajstić information content (AvgIpc) is 2.39. The first-order valence-corrected chi connectivity index (χ1v) is 6.65. The first-order chi connectivity index (χ1) is 8.72. The Kier molecular flexibility index (Phi) is 6.26. The standard InChI is InChI=1S/C15H22O3/c1-4-7-10-18-14-11-12(5-2)8-9-13(14)15(16)17-6-3/h8-9,11H,4-7,10H2,1-3H3. The van der Waals surface area contributed by atoms with Crippen LogP contribution in [0, 0.1) is 0 Å². The van der Waals surface area contributed by atoms with Crippen molar-refractivity contribution in [2.45, 2.75) is 40.0 Å². The van der Waals surface area contributed by atoms with Gasteiger partial charge in [-0.3, -0.25) is 0 Å². The van der Waals surface area contributed by atoms with E-state index in [1.165, 1.54) is 0 Å². The van der Waals surface area contributed by atoms with Crippen molar-refractivity contribution in [1.29, 1.82) is 0 Å².